The highest BCUT2D eigenvalue weighted by atomic mass is 79.9. The maximum Gasteiger partial charge on any atom is 0.129 e. The van der Waals surface area contributed by atoms with Crippen LogP contribution in [-0.4, -0.2) is 16.5 Å². The largest absolute Gasteiger partial charge is 0.386 e. The van der Waals surface area contributed by atoms with E-state index in [4.69, 9.17) is 0 Å². The molecule has 0 rings (SSSR count). The molecule has 0 aliphatic heterocycles. The van der Waals surface area contributed by atoms with Crippen molar-refractivity contribution >= 4 is 21.7 Å². The third-order valence-corrected chi connectivity index (χ3v) is 1.90. The summed E-state index contributed by atoms with van der Waals surface area (Å²) < 4.78 is 0. The molecule has 70 valence electrons. The molecule has 0 bridgehead atoms. The van der Waals surface area contributed by atoms with Crippen LogP contribution >= 0.6 is 15.9 Å². The third-order valence-electron chi connectivity index (χ3n) is 1.63. The van der Waals surface area contributed by atoms with Gasteiger partial charge in [0.1, 0.15) is 5.78 Å². The second-order valence-corrected chi connectivity index (χ2v) is 3.73. The summed E-state index contributed by atoms with van der Waals surface area (Å²) in [6.45, 7) is 3.29. The van der Waals surface area contributed by atoms with Gasteiger partial charge in [0.15, 0.2) is 0 Å². The van der Waals surface area contributed by atoms with Crippen molar-refractivity contribution in [3.63, 3.8) is 0 Å². The zero-order valence-electron chi connectivity index (χ0n) is 7.51. The van der Waals surface area contributed by atoms with E-state index in [2.05, 4.69) is 15.9 Å². The average Bonchev–Trinajstić information content (AvgIpc) is 1.85. The fourth-order valence-electron chi connectivity index (χ4n) is 0.914. The standard InChI is InChI=1S/C9H15BrO2/c1-8(11)4-3-5-9(2,12)6-7-10/h6-7,12H,3-5H2,1-2H3/b7-6+/t9-/m0/s1. The van der Waals surface area contributed by atoms with Crippen LogP contribution in [0.4, 0.5) is 0 Å². The van der Waals surface area contributed by atoms with Gasteiger partial charge in [-0.3, -0.25) is 0 Å². The summed E-state index contributed by atoms with van der Waals surface area (Å²) in [5.74, 6) is 0.175. The number of hydrogen-bond donors (Lipinski definition) is 1. The lowest BCUT2D eigenvalue weighted by atomic mass is 9.99. The van der Waals surface area contributed by atoms with Crippen LogP contribution < -0.4 is 0 Å². The molecule has 0 aromatic carbocycles. The molecular formula is C9H15BrO2. The molecule has 0 radical (unpaired) electrons. The van der Waals surface area contributed by atoms with Gasteiger partial charge in [0.25, 0.3) is 0 Å². The Morgan fingerprint density at radius 3 is 2.67 bits per heavy atom. The van der Waals surface area contributed by atoms with Crippen LogP contribution in [0.5, 0.6) is 0 Å². The zero-order chi connectivity index (χ0) is 9.61. The number of halogens is 1. The molecule has 3 heteroatoms. The number of Topliss-reactive ketones (excluding diaryl/α,β-unsaturated/α-hetero) is 1. The van der Waals surface area contributed by atoms with Crippen LogP contribution in [-0.2, 0) is 4.79 Å². The molecule has 0 unspecified atom stereocenters. The predicted octanol–water partition coefficient (Wildman–Crippen LogP) is 2.41. The number of rotatable bonds is 5. The Balaban J connectivity index is 3.68. The van der Waals surface area contributed by atoms with Crippen molar-refractivity contribution in [3.05, 3.63) is 11.1 Å². The van der Waals surface area contributed by atoms with Crippen molar-refractivity contribution in [1.82, 2.24) is 0 Å². The molecule has 0 aliphatic carbocycles. The minimum atomic E-state index is -0.793. The minimum Gasteiger partial charge on any atom is -0.386 e. The Kier molecular flexibility index (Phi) is 5.42. The lowest BCUT2D eigenvalue weighted by Gasteiger charge is -2.17. The predicted molar refractivity (Wildman–Crippen MR) is 53.2 cm³/mol. The molecule has 12 heavy (non-hydrogen) atoms. The van der Waals surface area contributed by atoms with Gasteiger partial charge in [0.05, 0.1) is 5.60 Å². The van der Waals surface area contributed by atoms with Crippen molar-refractivity contribution in [3.8, 4) is 0 Å². The number of hydrogen-bond acceptors (Lipinski definition) is 2. The zero-order valence-corrected chi connectivity index (χ0v) is 9.10. The van der Waals surface area contributed by atoms with Crippen molar-refractivity contribution in [1.29, 1.82) is 0 Å². The Morgan fingerprint density at radius 2 is 2.25 bits per heavy atom. The first-order chi connectivity index (χ1) is 5.48. The first-order valence-corrected chi connectivity index (χ1v) is 4.89. The molecule has 0 aliphatic rings. The van der Waals surface area contributed by atoms with E-state index >= 15 is 0 Å². The van der Waals surface area contributed by atoms with Crippen molar-refractivity contribution in [2.24, 2.45) is 0 Å². The molecule has 0 heterocycles. The summed E-state index contributed by atoms with van der Waals surface area (Å²) in [4.78, 5) is 12.2. The molecule has 0 saturated heterocycles. The fraction of sp³-hybridized carbons (Fsp3) is 0.667. The normalized spacial score (nSPS) is 16.3. The molecule has 0 aromatic heterocycles. The van der Waals surface area contributed by atoms with Gasteiger partial charge < -0.3 is 9.90 Å². The van der Waals surface area contributed by atoms with Gasteiger partial charge >= 0.3 is 0 Å². The van der Waals surface area contributed by atoms with Gasteiger partial charge in [-0.2, -0.15) is 0 Å². The summed E-state index contributed by atoms with van der Waals surface area (Å²) in [7, 11) is 0. The van der Waals surface area contributed by atoms with E-state index < -0.39 is 5.60 Å². The Morgan fingerprint density at radius 1 is 1.67 bits per heavy atom. The monoisotopic (exact) mass is 234 g/mol. The lowest BCUT2D eigenvalue weighted by molar-refractivity contribution is -0.117. The second-order valence-electron chi connectivity index (χ2n) is 3.21. The average molecular weight is 235 g/mol. The summed E-state index contributed by atoms with van der Waals surface area (Å²) in [5.41, 5.74) is -0.793. The molecule has 0 saturated carbocycles. The van der Waals surface area contributed by atoms with Crippen LogP contribution in [0.3, 0.4) is 0 Å². The van der Waals surface area contributed by atoms with E-state index in [1.165, 1.54) is 0 Å². The molecule has 0 spiro atoms. The van der Waals surface area contributed by atoms with Crippen molar-refractivity contribution < 1.29 is 9.90 Å². The van der Waals surface area contributed by atoms with Crippen LogP contribution in [0.1, 0.15) is 33.1 Å². The number of ketones is 1. The highest BCUT2D eigenvalue weighted by Gasteiger charge is 2.15. The van der Waals surface area contributed by atoms with Gasteiger partial charge in [0, 0.05) is 6.42 Å². The van der Waals surface area contributed by atoms with Crippen LogP contribution in [0.25, 0.3) is 0 Å². The summed E-state index contributed by atoms with van der Waals surface area (Å²) in [6, 6.07) is 0. The van der Waals surface area contributed by atoms with Crippen molar-refractivity contribution in [2.45, 2.75) is 38.7 Å². The van der Waals surface area contributed by atoms with Gasteiger partial charge in [-0.15, -0.1) is 0 Å². The molecule has 0 aromatic rings. The maximum atomic E-state index is 10.6. The van der Waals surface area contributed by atoms with E-state index in [9.17, 15) is 9.90 Å². The maximum absolute atomic E-state index is 10.6. The molecular weight excluding hydrogens is 220 g/mol. The molecule has 1 N–H and O–H groups in total. The molecule has 0 fully saturated rings. The molecule has 0 amide bonds. The van der Waals surface area contributed by atoms with E-state index in [0.717, 1.165) is 6.42 Å². The first kappa shape index (κ1) is 11.8. The fourth-order valence-corrected chi connectivity index (χ4v) is 1.48. The third kappa shape index (κ3) is 6.55. The van der Waals surface area contributed by atoms with Crippen LogP contribution in [0.2, 0.25) is 0 Å². The highest BCUT2D eigenvalue weighted by Crippen LogP contribution is 2.15. The van der Waals surface area contributed by atoms with E-state index in [0.29, 0.717) is 12.8 Å². The first-order valence-electron chi connectivity index (χ1n) is 3.98. The number of carbonyl (C=O) groups excluding carboxylic acids is 1. The minimum absolute atomic E-state index is 0.175. The highest BCUT2D eigenvalue weighted by molar-refractivity contribution is 9.11. The SMILES string of the molecule is CC(=O)CCC[C@](C)(O)/C=C/Br. The lowest BCUT2D eigenvalue weighted by Crippen LogP contribution is -2.20. The smallest absolute Gasteiger partial charge is 0.129 e. The number of aliphatic hydroxyl groups is 1. The van der Waals surface area contributed by atoms with Crippen LogP contribution in [0.15, 0.2) is 11.1 Å². The number of carbonyl (C=O) groups is 1. The summed E-state index contributed by atoms with van der Waals surface area (Å²) in [5, 5.41) is 9.60. The molecule has 1 atom stereocenters. The van der Waals surface area contributed by atoms with Gasteiger partial charge in [-0.1, -0.05) is 15.9 Å². The molecule has 2 nitrogen and oxygen atoms in total. The van der Waals surface area contributed by atoms with Gasteiger partial charge in [0.2, 0.25) is 0 Å². The van der Waals surface area contributed by atoms with E-state index in [1.54, 1.807) is 24.9 Å². The Hall–Kier alpha value is -0.150. The van der Waals surface area contributed by atoms with Crippen LogP contribution in [0, 0.1) is 0 Å². The van der Waals surface area contributed by atoms with E-state index in [-0.39, 0.29) is 5.78 Å². The summed E-state index contributed by atoms with van der Waals surface area (Å²) in [6.07, 6.45) is 3.58. The van der Waals surface area contributed by atoms with Gasteiger partial charge in [-0.05, 0) is 37.8 Å². The Bertz CT molecular complexity index is 173. The second kappa shape index (κ2) is 5.49. The van der Waals surface area contributed by atoms with Crippen molar-refractivity contribution in [2.75, 3.05) is 0 Å². The topological polar surface area (TPSA) is 37.3 Å². The quantitative estimate of drug-likeness (QED) is 0.794. The van der Waals surface area contributed by atoms with Gasteiger partial charge in [-0.25, -0.2) is 0 Å². The Labute approximate surface area is 81.8 Å². The van der Waals surface area contributed by atoms with E-state index in [1.807, 2.05) is 0 Å². The summed E-state index contributed by atoms with van der Waals surface area (Å²) >= 11 is 3.10.